The molecule has 0 aromatic carbocycles. The van der Waals surface area contributed by atoms with E-state index < -0.39 is 36.8 Å². The third-order valence-corrected chi connectivity index (χ3v) is 1.38. The number of carbonyl (C=O) groups is 3. The number of hydrogen-bond acceptors (Lipinski definition) is 7. The fourth-order valence-electron chi connectivity index (χ4n) is 0.754. The molecule has 0 fully saturated rings. The first kappa shape index (κ1) is 26.8. The van der Waals surface area contributed by atoms with Gasteiger partial charge in [0.2, 0.25) is 0 Å². The minimum absolute atomic E-state index is 0. The number of nitrogens with one attached hydrogen (secondary N) is 1. The molecule has 0 saturated carbocycles. The van der Waals surface area contributed by atoms with Crippen molar-refractivity contribution < 1.29 is 118 Å². The quantitative estimate of drug-likeness (QED) is 0.454. The van der Waals surface area contributed by atoms with Crippen LogP contribution >= 0.6 is 0 Å². The zero-order valence-corrected chi connectivity index (χ0v) is 16.1. The van der Waals surface area contributed by atoms with E-state index in [1.54, 1.807) is 0 Å². The molecule has 0 aliphatic rings. The molecule has 17 heavy (non-hydrogen) atoms. The van der Waals surface area contributed by atoms with Gasteiger partial charge in [-0.25, -0.2) is 0 Å². The van der Waals surface area contributed by atoms with Gasteiger partial charge in [0.25, 0.3) is 0 Å². The Morgan fingerprint density at radius 3 is 1.71 bits per heavy atom. The molecule has 0 radical (unpaired) electrons. The van der Waals surface area contributed by atoms with E-state index in [0.717, 1.165) is 0 Å². The maximum absolute atomic E-state index is 10.3. The van der Waals surface area contributed by atoms with E-state index in [1.807, 2.05) is 0 Å². The maximum atomic E-state index is 10.3. The van der Waals surface area contributed by atoms with E-state index in [1.165, 1.54) is 0 Å². The Bertz CT molecular complexity index is 250. The van der Waals surface area contributed by atoms with E-state index in [0.29, 0.717) is 0 Å². The van der Waals surface area contributed by atoms with E-state index >= 15 is 0 Å². The normalized spacial score (nSPS) is 9.88. The van der Waals surface area contributed by atoms with E-state index in [4.69, 9.17) is 0 Å². The molecule has 0 aromatic heterocycles. The summed E-state index contributed by atoms with van der Waals surface area (Å²) in [4.78, 5) is 30.3. The van der Waals surface area contributed by atoms with Crippen molar-refractivity contribution in [2.75, 3.05) is 6.54 Å². The summed E-state index contributed by atoms with van der Waals surface area (Å²) in [5, 5.41) is 32.4. The Labute approximate surface area is 165 Å². The Morgan fingerprint density at radius 2 is 1.41 bits per heavy atom. The summed E-state index contributed by atoms with van der Waals surface area (Å²) in [6.45, 7) is -0.200. The van der Waals surface area contributed by atoms with Crippen LogP contribution < -0.4 is 109 Å². The van der Waals surface area contributed by atoms with Gasteiger partial charge in [0.05, 0.1) is 12.0 Å². The van der Waals surface area contributed by atoms with Crippen LogP contribution in [0.4, 0.5) is 0 Å². The summed E-state index contributed by atoms with van der Waals surface area (Å²) >= 11 is 0. The minimum atomic E-state index is -1.62. The number of carbonyl (C=O) groups excluding carboxylic acids is 3. The van der Waals surface area contributed by atoms with Crippen LogP contribution in [0.1, 0.15) is 12.8 Å². The SMILES string of the molecule is O=C([O-])CCN[C@H](CC(=O)[O-])C(=O)[O-].[Na+].[Na+].[Na+]. The molecule has 80 valence electrons. The van der Waals surface area contributed by atoms with Crippen molar-refractivity contribution in [3.05, 3.63) is 0 Å². The van der Waals surface area contributed by atoms with Crippen LogP contribution in [0, 0.1) is 0 Å². The average Bonchev–Trinajstić information content (AvgIpc) is 2.00. The fourth-order valence-corrected chi connectivity index (χ4v) is 0.754. The monoisotopic (exact) mass is 271 g/mol. The van der Waals surface area contributed by atoms with Gasteiger partial charge in [0.1, 0.15) is 0 Å². The van der Waals surface area contributed by atoms with E-state index in [2.05, 4.69) is 5.32 Å². The van der Waals surface area contributed by atoms with Crippen molar-refractivity contribution in [1.29, 1.82) is 0 Å². The third kappa shape index (κ3) is 17.4. The predicted molar refractivity (Wildman–Crippen MR) is 36.0 cm³/mol. The van der Waals surface area contributed by atoms with Crippen molar-refractivity contribution in [2.24, 2.45) is 0 Å². The van der Waals surface area contributed by atoms with Crippen LogP contribution in [0.2, 0.25) is 0 Å². The van der Waals surface area contributed by atoms with Crippen molar-refractivity contribution in [3.63, 3.8) is 0 Å². The minimum Gasteiger partial charge on any atom is -0.550 e. The Kier molecular flexibility index (Phi) is 24.4. The summed E-state index contributed by atoms with van der Waals surface area (Å²) < 4.78 is 0. The second-order valence-corrected chi connectivity index (χ2v) is 2.52. The molecule has 1 N–H and O–H groups in total. The molecule has 0 aromatic rings. The fraction of sp³-hybridized carbons (Fsp3) is 0.571. The first-order chi connectivity index (χ1) is 6.43. The van der Waals surface area contributed by atoms with Crippen molar-refractivity contribution in [2.45, 2.75) is 18.9 Å². The molecule has 10 heteroatoms. The molecule has 0 spiro atoms. The number of carboxylic acid groups (broad SMARTS) is 3. The molecule has 7 nitrogen and oxygen atoms in total. The van der Waals surface area contributed by atoms with Crippen molar-refractivity contribution in [1.82, 2.24) is 5.32 Å². The summed E-state index contributed by atoms with van der Waals surface area (Å²) in [7, 11) is 0. The van der Waals surface area contributed by atoms with Crippen LogP contribution in [0.15, 0.2) is 0 Å². The van der Waals surface area contributed by atoms with Crippen LogP contribution in [-0.4, -0.2) is 30.5 Å². The van der Waals surface area contributed by atoms with Gasteiger partial charge in [-0.1, -0.05) is 0 Å². The van der Waals surface area contributed by atoms with Crippen LogP contribution in [-0.2, 0) is 14.4 Å². The van der Waals surface area contributed by atoms with Crippen LogP contribution in [0.25, 0.3) is 0 Å². The van der Waals surface area contributed by atoms with Gasteiger partial charge in [-0.2, -0.15) is 0 Å². The molecular formula is C7H8NNa3O6. The molecule has 0 saturated heterocycles. The second-order valence-electron chi connectivity index (χ2n) is 2.52. The van der Waals surface area contributed by atoms with Gasteiger partial charge in [-0.15, -0.1) is 0 Å². The molecular weight excluding hydrogens is 263 g/mol. The van der Waals surface area contributed by atoms with Crippen LogP contribution in [0.5, 0.6) is 0 Å². The maximum Gasteiger partial charge on any atom is 1.00 e. The topological polar surface area (TPSA) is 132 Å². The molecule has 0 bridgehead atoms. The molecule has 0 unspecified atom stereocenters. The molecule has 0 heterocycles. The summed E-state index contributed by atoms with van der Waals surface area (Å²) in [5.74, 6) is -4.53. The van der Waals surface area contributed by atoms with Crippen LogP contribution in [0.3, 0.4) is 0 Å². The van der Waals surface area contributed by atoms with Gasteiger partial charge < -0.3 is 35.0 Å². The summed E-state index contributed by atoms with van der Waals surface area (Å²) in [6.07, 6.45) is -1.17. The number of hydrogen-bond donors (Lipinski definition) is 1. The Balaban J connectivity index is -0.000000282. The first-order valence-corrected chi connectivity index (χ1v) is 3.77. The third-order valence-electron chi connectivity index (χ3n) is 1.38. The zero-order valence-electron chi connectivity index (χ0n) is 10.1. The summed E-state index contributed by atoms with van der Waals surface area (Å²) in [5.41, 5.74) is 0. The van der Waals surface area contributed by atoms with E-state index in [9.17, 15) is 29.7 Å². The standard InChI is InChI=1S/C7H11NO6.3Na/c9-5(10)1-2-8-4(7(13)14)3-6(11)12;;;/h4,8H,1-3H2,(H,9,10)(H,11,12)(H,13,14);;;/q;3*+1/p-3/t4-;;;/m1.../s1. The number of aliphatic carboxylic acids is 3. The second kappa shape index (κ2) is 15.4. The van der Waals surface area contributed by atoms with Gasteiger partial charge in [0, 0.05) is 24.9 Å². The molecule has 0 amide bonds. The molecule has 1 atom stereocenters. The predicted octanol–water partition coefficient (Wildman–Crippen LogP) is -14.0. The number of carboxylic acids is 3. The zero-order chi connectivity index (χ0) is 11.1. The molecule has 0 aliphatic heterocycles. The van der Waals surface area contributed by atoms with E-state index in [-0.39, 0.29) is 95.2 Å². The number of rotatable bonds is 7. The van der Waals surface area contributed by atoms with Gasteiger partial charge in [0.15, 0.2) is 0 Å². The van der Waals surface area contributed by atoms with Crippen molar-refractivity contribution >= 4 is 17.9 Å². The average molecular weight is 271 g/mol. The Morgan fingerprint density at radius 1 is 0.941 bits per heavy atom. The summed E-state index contributed by atoms with van der Waals surface area (Å²) in [6, 6.07) is -1.45. The smallest absolute Gasteiger partial charge is 0.550 e. The molecule has 0 aliphatic carbocycles. The Hall–Kier alpha value is 1.37. The van der Waals surface area contributed by atoms with Gasteiger partial charge >= 0.3 is 88.7 Å². The van der Waals surface area contributed by atoms with Gasteiger partial charge in [-0.05, 0) is 6.42 Å². The first-order valence-electron chi connectivity index (χ1n) is 3.77. The van der Waals surface area contributed by atoms with Crippen molar-refractivity contribution in [3.8, 4) is 0 Å². The van der Waals surface area contributed by atoms with Gasteiger partial charge in [-0.3, -0.25) is 0 Å². The molecule has 0 rings (SSSR count). The largest absolute Gasteiger partial charge is 1.00 e.